The van der Waals surface area contributed by atoms with Gasteiger partial charge in [0.2, 0.25) is 6.41 Å². The van der Waals surface area contributed by atoms with E-state index in [2.05, 4.69) is 0 Å². The van der Waals surface area contributed by atoms with Crippen LogP contribution in [0.5, 0.6) is 0 Å². The van der Waals surface area contributed by atoms with Crippen molar-refractivity contribution in [1.82, 2.24) is 4.90 Å². The van der Waals surface area contributed by atoms with Crippen molar-refractivity contribution in [2.45, 2.75) is 154 Å². The van der Waals surface area contributed by atoms with Gasteiger partial charge in [-0.1, -0.05) is 89.6 Å². The van der Waals surface area contributed by atoms with Crippen LogP contribution >= 0.6 is 0 Å². The van der Waals surface area contributed by atoms with Crippen molar-refractivity contribution >= 4 is 24.1 Å². The van der Waals surface area contributed by atoms with Gasteiger partial charge in [-0.25, -0.2) is 9.59 Å². The summed E-state index contributed by atoms with van der Waals surface area (Å²) < 4.78 is 53.2. The average molecular weight is 990 g/mol. The molecule has 0 fully saturated rings. The number of aliphatic hydroxyl groups is 2. The van der Waals surface area contributed by atoms with Crippen LogP contribution in [0.15, 0.2) is 72.0 Å². The lowest BCUT2D eigenvalue weighted by atomic mass is 9.81. The lowest BCUT2D eigenvalue weighted by Gasteiger charge is -2.39. The molecule has 15 unspecified atom stereocenters. The SMILES string of the molecule is COC1/C=C/C(C)C(OC)CC(O)/C=C/C(C)C(C(C)C(OC)C(C)CCC(=O)C(C)C(C/C=C/N(C)C=O)OC)OC(=O)/C=C/C=C(\C)CC(OC)C(OC)C2=CC(=O)O[C@@H](C(C)C(OC)C1)[C@H]2O. The maximum absolute atomic E-state index is 13.7. The topological polar surface area (TPSA) is 195 Å². The van der Waals surface area contributed by atoms with E-state index in [9.17, 15) is 29.4 Å². The first kappa shape index (κ1) is 62.3. The molecule has 70 heavy (non-hydrogen) atoms. The van der Waals surface area contributed by atoms with Crippen LogP contribution in [0.4, 0.5) is 0 Å². The van der Waals surface area contributed by atoms with Gasteiger partial charge in [0.25, 0.3) is 0 Å². The van der Waals surface area contributed by atoms with Gasteiger partial charge >= 0.3 is 11.9 Å². The second-order valence-electron chi connectivity index (χ2n) is 19.1. The highest BCUT2D eigenvalue weighted by Gasteiger charge is 2.43. The molecule has 0 saturated carbocycles. The molecule has 2 rings (SSSR count). The van der Waals surface area contributed by atoms with Crippen molar-refractivity contribution in [2.75, 3.05) is 56.8 Å². The zero-order valence-electron chi connectivity index (χ0n) is 44.6. The number of hydrogen-bond donors (Lipinski definition) is 2. The van der Waals surface area contributed by atoms with E-state index in [1.165, 1.54) is 31.3 Å². The summed E-state index contributed by atoms with van der Waals surface area (Å²) in [6.07, 6.45) is 12.4. The van der Waals surface area contributed by atoms with Gasteiger partial charge in [-0.15, -0.1) is 0 Å². The number of amides is 1. The minimum Gasteiger partial charge on any atom is -0.458 e. The Kier molecular flexibility index (Phi) is 28.7. The standard InChI is InChI=1S/C54H87NO15/c1-33-18-16-20-48(59)69-52(39(7)51(67-14)35(3)23-26-43(58)37(5)44(63-10)19-17-27-55(8)32-56)36(4)21-24-40(57)29-45(64-11)34(2)22-25-41(62-9)30-46(65-12)38(6)53-50(61)42(31-49(60)70-53)54(68-15)47(28-33)66-13/h16-18,20-22,24-25,27,31-32,34-41,44-47,50-54,57,61H,19,23,26,28-30H2,1-15H3/b20-16+,24-21+,25-22+,27-17+,33-18+/t34?,35?,36?,37?,38?,39?,40?,41?,44?,45?,46?,47?,50-,51?,52?,53-,54?/m0/s1. The zero-order chi connectivity index (χ0) is 52.7. The Hall–Kier alpha value is -3.84. The Morgan fingerprint density at radius 1 is 0.829 bits per heavy atom. The number of cyclic esters (lactones) is 1. The molecule has 17 atom stereocenters. The van der Waals surface area contributed by atoms with E-state index in [0.29, 0.717) is 37.7 Å². The van der Waals surface area contributed by atoms with Gasteiger partial charge in [0, 0.05) is 130 Å². The molecule has 2 N–H and O–H groups in total. The number of carbonyl (C=O) groups is 4. The molecule has 0 saturated heterocycles. The molecule has 0 aromatic carbocycles. The van der Waals surface area contributed by atoms with E-state index < -0.39 is 78.7 Å². The Morgan fingerprint density at radius 2 is 1.49 bits per heavy atom. The fourth-order valence-corrected chi connectivity index (χ4v) is 9.57. The highest BCUT2D eigenvalue weighted by molar-refractivity contribution is 5.84. The number of ether oxygens (including phenoxy) is 9. The molecular weight excluding hydrogens is 903 g/mol. The van der Waals surface area contributed by atoms with E-state index in [0.717, 1.165) is 5.57 Å². The summed E-state index contributed by atoms with van der Waals surface area (Å²) in [6, 6.07) is 0. The first-order valence-electron chi connectivity index (χ1n) is 24.5. The van der Waals surface area contributed by atoms with Crippen LogP contribution in [-0.4, -0.2) is 163 Å². The molecule has 0 aromatic rings. The summed E-state index contributed by atoms with van der Waals surface area (Å²) in [5.41, 5.74) is 1.12. The van der Waals surface area contributed by atoms with E-state index in [1.807, 2.05) is 66.7 Å². The summed E-state index contributed by atoms with van der Waals surface area (Å²) >= 11 is 0. The highest BCUT2D eigenvalue weighted by atomic mass is 16.6. The molecule has 0 spiro atoms. The number of aliphatic hydroxyl groups excluding tert-OH is 2. The van der Waals surface area contributed by atoms with Crippen molar-refractivity contribution in [3.8, 4) is 0 Å². The number of fused-ring (bicyclic) bond motifs is 2. The van der Waals surface area contributed by atoms with Crippen molar-refractivity contribution in [1.29, 1.82) is 0 Å². The van der Waals surface area contributed by atoms with Crippen molar-refractivity contribution in [3.63, 3.8) is 0 Å². The molecule has 0 aromatic heterocycles. The smallest absolute Gasteiger partial charge is 0.331 e. The first-order chi connectivity index (χ1) is 33.2. The normalized spacial score (nSPS) is 33.5. The molecule has 16 nitrogen and oxygen atoms in total. The second kappa shape index (κ2) is 32.3. The Balaban J connectivity index is 2.55. The minimum absolute atomic E-state index is 0.0397. The van der Waals surface area contributed by atoms with Crippen molar-refractivity contribution < 1.29 is 72.0 Å². The van der Waals surface area contributed by atoms with Crippen LogP contribution in [0.3, 0.4) is 0 Å². The van der Waals surface area contributed by atoms with E-state index in [4.69, 9.17) is 42.6 Å². The van der Waals surface area contributed by atoms with E-state index in [1.54, 1.807) is 73.1 Å². The van der Waals surface area contributed by atoms with Gasteiger partial charge in [-0.3, -0.25) is 9.59 Å². The number of carbonyl (C=O) groups excluding carboxylic acids is 4. The predicted octanol–water partition coefficient (Wildman–Crippen LogP) is 6.53. The fourth-order valence-electron chi connectivity index (χ4n) is 9.57. The van der Waals surface area contributed by atoms with Crippen LogP contribution in [0.25, 0.3) is 0 Å². The van der Waals surface area contributed by atoms with Gasteiger partial charge < -0.3 is 57.7 Å². The lowest BCUT2D eigenvalue weighted by molar-refractivity contribution is -0.162. The molecule has 2 heterocycles. The summed E-state index contributed by atoms with van der Waals surface area (Å²) in [5.74, 6) is -3.07. The quantitative estimate of drug-likeness (QED) is 0.0805. The van der Waals surface area contributed by atoms with E-state index in [-0.39, 0.29) is 54.5 Å². The number of esters is 2. The Bertz CT molecular complexity index is 1780. The summed E-state index contributed by atoms with van der Waals surface area (Å²) in [7, 11) is 12.6. The Morgan fingerprint density at radius 3 is 2.07 bits per heavy atom. The number of nitrogens with zero attached hydrogens (tertiary/aromatic N) is 1. The van der Waals surface area contributed by atoms with Crippen LogP contribution < -0.4 is 0 Å². The van der Waals surface area contributed by atoms with Gasteiger partial charge in [-0.2, -0.15) is 0 Å². The molecule has 2 aliphatic rings. The molecule has 1 amide bonds. The Labute approximate surface area is 418 Å². The number of hydrogen-bond acceptors (Lipinski definition) is 15. The van der Waals surface area contributed by atoms with Crippen LogP contribution in [0.1, 0.15) is 87.0 Å². The molecular formula is C54H87NO15. The van der Waals surface area contributed by atoms with Gasteiger partial charge in [0.05, 0.1) is 42.7 Å². The summed E-state index contributed by atoms with van der Waals surface area (Å²) in [6.45, 7) is 13.4. The number of Topliss-reactive ketones (excluding diaryl/α,β-unsaturated/α-hetero) is 1. The van der Waals surface area contributed by atoms with Gasteiger partial charge in [0.1, 0.15) is 30.2 Å². The van der Waals surface area contributed by atoms with E-state index >= 15 is 0 Å². The third-order valence-electron chi connectivity index (χ3n) is 14.1. The fraction of sp³-hybridized carbons (Fsp3) is 0.704. The monoisotopic (exact) mass is 990 g/mol. The number of allylic oxidation sites excluding steroid dienone is 2. The zero-order valence-corrected chi connectivity index (χ0v) is 44.6. The van der Waals surface area contributed by atoms with Crippen LogP contribution in [-0.2, 0) is 61.8 Å². The maximum Gasteiger partial charge on any atom is 0.331 e. The number of ketones is 1. The van der Waals surface area contributed by atoms with Crippen LogP contribution in [0, 0.1) is 35.5 Å². The summed E-state index contributed by atoms with van der Waals surface area (Å²) in [4.78, 5) is 52.7. The lowest BCUT2D eigenvalue weighted by Crippen LogP contribution is -2.50. The average Bonchev–Trinajstić information content (AvgIpc) is 3.34. The molecule has 0 radical (unpaired) electrons. The van der Waals surface area contributed by atoms with Gasteiger partial charge in [-0.05, 0) is 32.1 Å². The number of methoxy groups -OCH3 is 7. The molecule has 2 bridgehead atoms. The van der Waals surface area contributed by atoms with Crippen molar-refractivity contribution in [2.24, 2.45) is 35.5 Å². The minimum atomic E-state index is -1.24. The van der Waals surface area contributed by atoms with Crippen LogP contribution in [0.2, 0.25) is 0 Å². The maximum atomic E-state index is 13.7. The molecule has 0 aliphatic carbocycles. The largest absolute Gasteiger partial charge is 0.458 e. The highest BCUT2D eigenvalue weighted by Crippen LogP contribution is 2.34. The van der Waals surface area contributed by atoms with Gasteiger partial charge in [0.15, 0.2) is 0 Å². The first-order valence-corrected chi connectivity index (χ1v) is 24.5. The van der Waals surface area contributed by atoms with Crippen molar-refractivity contribution in [3.05, 3.63) is 72.0 Å². The number of rotatable bonds is 19. The predicted molar refractivity (Wildman–Crippen MR) is 267 cm³/mol. The second-order valence-corrected chi connectivity index (χ2v) is 19.1. The molecule has 2 aliphatic heterocycles. The summed E-state index contributed by atoms with van der Waals surface area (Å²) in [5, 5.41) is 23.2. The third kappa shape index (κ3) is 19.3. The molecule has 398 valence electrons. The third-order valence-corrected chi connectivity index (χ3v) is 14.1. The molecule has 16 heteroatoms.